The Bertz CT molecular complexity index is 203. The quantitative estimate of drug-likeness (QED) is 0.521. The van der Waals surface area contributed by atoms with Gasteiger partial charge in [-0.05, 0) is 38.3 Å². The molecule has 0 saturated carbocycles. The molecule has 1 atom stereocenters. The van der Waals surface area contributed by atoms with E-state index in [1.807, 2.05) is 0 Å². The fourth-order valence-corrected chi connectivity index (χ4v) is 1.96. The lowest BCUT2D eigenvalue weighted by molar-refractivity contribution is -0.146. The minimum atomic E-state index is -0.0854. The maximum absolute atomic E-state index is 11.5. The molecule has 1 unspecified atom stereocenters. The topological polar surface area (TPSA) is 47.6 Å². The van der Waals surface area contributed by atoms with Crippen molar-refractivity contribution in [3.8, 4) is 0 Å². The first-order chi connectivity index (χ1) is 8.33. The molecule has 0 aromatic heterocycles. The first kappa shape index (κ1) is 14.5. The van der Waals surface area contributed by atoms with Gasteiger partial charge < -0.3 is 14.8 Å². The molecule has 0 aliphatic carbocycles. The minimum Gasteiger partial charge on any atom is -0.463 e. The average molecular weight is 243 g/mol. The molecule has 0 radical (unpaired) electrons. The highest BCUT2D eigenvalue weighted by Gasteiger charge is 2.17. The fourth-order valence-electron chi connectivity index (χ4n) is 1.96. The number of piperidine rings is 1. The maximum Gasteiger partial charge on any atom is 0.306 e. The fraction of sp³-hybridized carbons (Fsp3) is 0.923. The largest absolute Gasteiger partial charge is 0.463 e. The lowest BCUT2D eigenvalue weighted by atomic mass is 9.96. The Morgan fingerprint density at radius 2 is 2.24 bits per heavy atom. The van der Waals surface area contributed by atoms with Crippen LogP contribution in [0.15, 0.2) is 0 Å². The van der Waals surface area contributed by atoms with Crippen molar-refractivity contribution in [1.29, 1.82) is 0 Å². The van der Waals surface area contributed by atoms with Crippen molar-refractivity contribution in [1.82, 2.24) is 5.32 Å². The molecular weight excluding hydrogens is 218 g/mol. The van der Waals surface area contributed by atoms with E-state index in [1.54, 1.807) is 0 Å². The summed E-state index contributed by atoms with van der Waals surface area (Å²) in [5.74, 6) is 0.370. The summed E-state index contributed by atoms with van der Waals surface area (Å²) in [5.41, 5.74) is 0. The monoisotopic (exact) mass is 243 g/mol. The van der Waals surface area contributed by atoms with E-state index >= 15 is 0 Å². The summed E-state index contributed by atoms with van der Waals surface area (Å²) in [6.07, 6.45) is 5.05. The van der Waals surface area contributed by atoms with Gasteiger partial charge in [-0.2, -0.15) is 0 Å². The highest BCUT2D eigenvalue weighted by Crippen LogP contribution is 2.14. The standard InChI is InChI=1S/C13H25NO3/c1-2-3-7-16-8-9-17-13(15)10-12-5-4-6-14-11-12/h12,14H,2-11H2,1H3. The Balaban J connectivity index is 1.93. The number of hydrogen-bond donors (Lipinski definition) is 1. The Morgan fingerprint density at radius 3 is 2.94 bits per heavy atom. The summed E-state index contributed by atoms with van der Waals surface area (Å²) in [7, 11) is 0. The number of nitrogens with one attached hydrogen (secondary N) is 1. The highest BCUT2D eigenvalue weighted by atomic mass is 16.6. The van der Waals surface area contributed by atoms with Gasteiger partial charge in [-0.25, -0.2) is 0 Å². The van der Waals surface area contributed by atoms with E-state index in [2.05, 4.69) is 12.2 Å². The summed E-state index contributed by atoms with van der Waals surface area (Å²) in [6.45, 7) is 5.83. The van der Waals surface area contributed by atoms with Crippen LogP contribution in [0.4, 0.5) is 0 Å². The first-order valence-corrected chi connectivity index (χ1v) is 6.77. The number of hydrogen-bond acceptors (Lipinski definition) is 4. The van der Waals surface area contributed by atoms with Gasteiger partial charge in [0.05, 0.1) is 6.61 Å². The van der Waals surface area contributed by atoms with Crippen LogP contribution in [0.3, 0.4) is 0 Å². The third-order valence-corrected chi connectivity index (χ3v) is 2.99. The van der Waals surface area contributed by atoms with Crippen LogP contribution in [0.1, 0.15) is 39.0 Å². The van der Waals surface area contributed by atoms with Gasteiger partial charge in [0.15, 0.2) is 0 Å². The number of ether oxygens (including phenoxy) is 2. The van der Waals surface area contributed by atoms with Gasteiger partial charge in [0.2, 0.25) is 0 Å². The summed E-state index contributed by atoms with van der Waals surface area (Å²) >= 11 is 0. The van der Waals surface area contributed by atoms with Crippen LogP contribution >= 0.6 is 0 Å². The van der Waals surface area contributed by atoms with E-state index in [0.29, 0.717) is 25.6 Å². The van der Waals surface area contributed by atoms with E-state index in [0.717, 1.165) is 45.4 Å². The lowest BCUT2D eigenvalue weighted by Crippen LogP contribution is -2.31. The third kappa shape index (κ3) is 7.34. The molecule has 0 aromatic carbocycles. The van der Waals surface area contributed by atoms with Crippen LogP contribution in [0, 0.1) is 5.92 Å². The molecule has 1 aliphatic rings. The number of esters is 1. The second-order valence-electron chi connectivity index (χ2n) is 4.60. The summed E-state index contributed by atoms with van der Waals surface area (Å²) in [5, 5.41) is 3.30. The molecule has 100 valence electrons. The average Bonchev–Trinajstić information content (AvgIpc) is 2.35. The summed E-state index contributed by atoms with van der Waals surface area (Å²) in [4.78, 5) is 11.5. The number of rotatable bonds is 8. The Morgan fingerprint density at radius 1 is 1.35 bits per heavy atom. The Hall–Kier alpha value is -0.610. The van der Waals surface area contributed by atoms with E-state index in [-0.39, 0.29) is 5.97 Å². The van der Waals surface area contributed by atoms with Crippen LogP contribution < -0.4 is 5.32 Å². The van der Waals surface area contributed by atoms with E-state index in [1.165, 1.54) is 0 Å². The van der Waals surface area contributed by atoms with Crippen LogP contribution in [-0.2, 0) is 14.3 Å². The predicted octanol–water partition coefficient (Wildman–Crippen LogP) is 1.74. The van der Waals surface area contributed by atoms with Crippen LogP contribution in [0.25, 0.3) is 0 Å². The predicted molar refractivity (Wildman–Crippen MR) is 66.9 cm³/mol. The maximum atomic E-state index is 11.5. The Kier molecular flexibility index (Phi) is 8.01. The Labute approximate surface area is 104 Å². The van der Waals surface area contributed by atoms with Gasteiger partial charge in [0.1, 0.15) is 6.61 Å². The van der Waals surface area contributed by atoms with Gasteiger partial charge in [0.25, 0.3) is 0 Å². The second kappa shape index (κ2) is 9.42. The van der Waals surface area contributed by atoms with Gasteiger partial charge in [-0.15, -0.1) is 0 Å². The number of carbonyl (C=O) groups is 1. The molecule has 0 aromatic rings. The molecule has 1 N–H and O–H groups in total. The van der Waals surface area contributed by atoms with Gasteiger partial charge >= 0.3 is 5.97 Å². The van der Waals surface area contributed by atoms with Gasteiger partial charge in [-0.3, -0.25) is 4.79 Å². The molecule has 1 heterocycles. The molecule has 1 rings (SSSR count). The van der Waals surface area contributed by atoms with Crippen LogP contribution in [0.2, 0.25) is 0 Å². The molecule has 0 bridgehead atoms. The smallest absolute Gasteiger partial charge is 0.306 e. The van der Waals surface area contributed by atoms with Crippen molar-refractivity contribution >= 4 is 5.97 Å². The molecular formula is C13H25NO3. The minimum absolute atomic E-state index is 0.0854. The molecule has 1 saturated heterocycles. The second-order valence-corrected chi connectivity index (χ2v) is 4.60. The molecule has 1 aliphatic heterocycles. The van der Waals surface area contributed by atoms with Crippen molar-refractivity contribution in [2.24, 2.45) is 5.92 Å². The van der Waals surface area contributed by atoms with E-state index in [9.17, 15) is 4.79 Å². The number of carbonyl (C=O) groups excluding carboxylic acids is 1. The molecule has 1 fully saturated rings. The molecule has 4 heteroatoms. The summed E-state index contributed by atoms with van der Waals surface area (Å²) < 4.78 is 10.5. The van der Waals surface area contributed by atoms with Crippen molar-refractivity contribution in [2.45, 2.75) is 39.0 Å². The van der Waals surface area contributed by atoms with E-state index < -0.39 is 0 Å². The SMILES string of the molecule is CCCCOCCOC(=O)CC1CCCNC1. The zero-order valence-electron chi connectivity index (χ0n) is 10.9. The van der Waals surface area contributed by atoms with Gasteiger partial charge in [0, 0.05) is 13.0 Å². The van der Waals surface area contributed by atoms with Gasteiger partial charge in [-0.1, -0.05) is 13.3 Å². The lowest BCUT2D eigenvalue weighted by Gasteiger charge is -2.21. The van der Waals surface area contributed by atoms with Crippen LogP contribution in [0.5, 0.6) is 0 Å². The van der Waals surface area contributed by atoms with Crippen molar-refractivity contribution < 1.29 is 14.3 Å². The normalized spacial score (nSPS) is 20.2. The molecule has 17 heavy (non-hydrogen) atoms. The molecule has 0 spiro atoms. The van der Waals surface area contributed by atoms with Crippen molar-refractivity contribution in [3.63, 3.8) is 0 Å². The third-order valence-electron chi connectivity index (χ3n) is 2.99. The number of unbranched alkanes of at least 4 members (excludes halogenated alkanes) is 1. The van der Waals surface area contributed by atoms with E-state index in [4.69, 9.17) is 9.47 Å². The van der Waals surface area contributed by atoms with Crippen LogP contribution in [-0.4, -0.2) is 38.9 Å². The highest BCUT2D eigenvalue weighted by molar-refractivity contribution is 5.69. The zero-order chi connectivity index (χ0) is 12.3. The summed E-state index contributed by atoms with van der Waals surface area (Å²) in [6, 6.07) is 0. The van der Waals surface area contributed by atoms with Crippen molar-refractivity contribution in [3.05, 3.63) is 0 Å². The zero-order valence-corrected chi connectivity index (χ0v) is 10.9. The first-order valence-electron chi connectivity index (χ1n) is 6.77. The molecule has 0 amide bonds. The molecule has 4 nitrogen and oxygen atoms in total. The van der Waals surface area contributed by atoms with Crippen molar-refractivity contribution in [2.75, 3.05) is 32.9 Å².